The first-order chi connectivity index (χ1) is 13.7. The molecule has 4 heterocycles. The van der Waals surface area contributed by atoms with Gasteiger partial charge in [-0.15, -0.1) is 0 Å². The van der Waals surface area contributed by atoms with Crippen LogP contribution in [0.2, 0.25) is 5.28 Å². The van der Waals surface area contributed by atoms with E-state index in [1.807, 2.05) is 25.5 Å². The molecule has 2 fully saturated rings. The van der Waals surface area contributed by atoms with E-state index in [4.69, 9.17) is 21.3 Å². The highest BCUT2D eigenvalue weighted by Gasteiger charge is 2.31. The molecule has 0 amide bonds. The lowest BCUT2D eigenvalue weighted by Crippen LogP contribution is -2.44. The molecule has 29 heavy (non-hydrogen) atoms. The van der Waals surface area contributed by atoms with Crippen molar-refractivity contribution in [2.24, 2.45) is 13.0 Å². The SMILES string of the molecule is CC1COCCN1c1nc(Cl)nc2c1nc(CN1CCC(C(C)(C)O)CC1)n2C. The van der Waals surface area contributed by atoms with Crippen LogP contribution in [0.25, 0.3) is 11.2 Å². The Balaban J connectivity index is 1.59. The molecule has 0 saturated carbocycles. The first-order valence-electron chi connectivity index (χ1n) is 10.4. The Bertz CT molecular complexity index is 872. The van der Waals surface area contributed by atoms with Crippen LogP contribution in [-0.2, 0) is 18.3 Å². The van der Waals surface area contributed by atoms with Gasteiger partial charge in [0, 0.05) is 13.6 Å². The van der Waals surface area contributed by atoms with Crippen LogP contribution in [0, 0.1) is 5.92 Å². The van der Waals surface area contributed by atoms with Gasteiger partial charge in [-0.3, -0.25) is 4.90 Å². The molecule has 1 atom stereocenters. The maximum atomic E-state index is 10.3. The Morgan fingerprint density at radius 2 is 1.90 bits per heavy atom. The second-order valence-electron chi connectivity index (χ2n) is 8.90. The van der Waals surface area contributed by atoms with Gasteiger partial charge in [-0.1, -0.05) is 0 Å². The smallest absolute Gasteiger partial charge is 0.226 e. The Labute approximate surface area is 176 Å². The quantitative estimate of drug-likeness (QED) is 0.756. The van der Waals surface area contributed by atoms with Crippen molar-refractivity contribution >= 4 is 28.6 Å². The third kappa shape index (κ3) is 4.21. The van der Waals surface area contributed by atoms with Crippen LogP contribution < -0.4 is 4.90 Å². The number of nitrogens with zero attached hydrogens (tertiary/aromatic N) is 6. The molecule has 0 aliphatic carbocycles. The largest absolute Gasteiger partial charge is 0.390 e. The number of fused-ring (bicyclic) bond motifs is 1. The predicted octanol–water partition coefficient (Wildman–Crippen LogP) is 2.22. The van der Waals surface area contributed by atoms with Gasteiger partial charge in [0.05, 0.1) is 31.4 Å². The molecule has 0 aromatic carbocycles. The Hall–Kier alpha value is -1.48. The van der Waals surface area contributed by atoms with Crippen molar-refractivity contribution in [2.45, 2.75) is 51.8 Å². The van der Waals surface area contributed by atoms with Crippen LogP contribution >= 0.6 is 11.6 Å². The van der Waals surface area contributed by atoms with E-state index in [1.54, 1.807) is 0 Å². The minimum absolute atomic E-state index is 0.212. The lowest BCUT2D eigenvalue weighted by atomic mass is 9.83. The maximum absolute atomic E-state index is 10.3. The van der Waals surface area contributed by atoms with Gasteiger partial charge in [0.25, 0.3) is 0 Å². The average molecular weight is 423 g/mol. The van der Waals surface area contributed by atoms with Crippen LogP contribution in [0.4, 0.5) is 5.82 Å². The molecule has 0 radical (unpaired) electrons. The zero-order valence-corrected chi connectivity index (χ0v) is 18.5. The second-order valence-corrected chi connectivity index (χ2v) is 9.23. The highest BCUT2D eigenvalue weighted by atomic mass is 35.5. The van der Waals surface area contributed by atoms with E-state index >= 15 is 0 Å². The molecule has 8 nitrogen and oxygen atoms in total. The normalized spacial score (nSPS) is 22.6. The number of hydrogen-bond donors (Lipinski definition) is 1. The first-order valence-corrected chi connectivity index (χ1v) is 10.8. The van der Waals surface area contributed by atoms with Gasteiger partial charge < -0.3 is 19.3 Å². The van der Waals surface area contributed by atoms with Crippen LogP contribution in [0.1, 0.15) is 39.4 Å². The summed E-state index contributed by atoms with van der Waals surface area (Å²) in [6.45, 7) is 10.7. The summed E-state index contributed by atoms with van der Waals surface area (Å²) in [5.74, 6) is 2.09. The van der Waals surface area contributed by atoms with Crippen LogP contribution in [0.15, 0.2) is 0 Å². The lowest BCUT2D eigenvalue weighted by Gasteiger charge is -2.37. The van der Waals surface area contributed by atoms with Gasteiger partial charge in [0.15, 0.2) is 17.0 Å². The van der Waals surface area contributed by atoms with Gasteiger partial charge in [0.2, 0.25) is 5.28 Å². The molecule has 1 N–H and O–H groups in total. The molecule has 2 saturated heterocycles. The van der Waals surface area contributed by atoms with E-state index in [2.05, 4.69) is 26.7 Å². The van der Waals surface area contributed by atoms with Crippen molar-refractivity contribution < 1.29 is 9.84 Å². The molecule has 2 aliphatic heterocycles. The van der Waals surface area contributed by atoms with Crippen molar-refractivity contribution in [2.75, 3.05) is 37.7 Å². The fourth-order valence-electron chi connectivity index (χ4n) is 4.45. The van der Waals surface area contributed by atoms with Crippen molar-refractivity contribution in [1.29, 1.82) is 0 Å². The minimum Gasteiger partial charge on any atom is -0.390 e. The third-order valence-electron chi connectivity index (χ3n) is 6.36. The fraction of sp³-hybridized carbons (Fsp3) is 0.750. The molecule has 2 aliphatic rings. The number of likely N-dealkylation sites (tertiary alicyclic amines) is 1. The summed E-state index contributed by atoms with van der Waals surface area (Å²) in [5.41, 5.74) is 0.951. The number of halogens is 1. The van der Waals surface area contributed by atoms with E-state index in [1.165, 1.54) is 0 Å². The molecule has 1 unspecified atom stereocenters. The highest BCUT2D eigenvalue weighted by molar-refractivity contribution is 6.28. The number of imidazole rings is 1. The van der Waals surface area contributed by atoms with Gasteiger partial charge in [0.1, 0.15) is 5.82 Å². The molecule has 4 rings (SSSR count). The van der Waals surface area contributed by atoms with Crippen molar-refractivity contribution in [3.05, 3.63) is 11.1 Å². The molecular formula is C20H31ClN6O2. The summed E-state index contributed by atoms with van der Waals surface area (Å²) < 4.78 is 7.60. The van der Waals surface area contributed by atoms with Gasteiger partial charge in [-0.05, 0) is 64.2 Å². The Morgan fingerprint density at radius 3 is 2.55 bits per heavy atom. The molecule has 9 heteroatoms. The number of rotatable bonds is 4. The molecule has 0 spiro atoms. The maximum Gasteiger partial charge on any atom is 0.226 e. The highest BCUT2D eigenvalue weighted by Crippen LogP contribution is 2.30. The third-order valence-corrected chi connectivity index (χ3v) is 6.53. The van der Waals surface area contributed by atoms with Gasteiger partial charge >= 0.3 is 0 Å². The van der Waals surface area contributed by atoms with E-state index in [9.17, 15) is 5.11 Å². The van der Waals surface area contributed by atoms with Crippen molar-refractivity contribution in [3.63, 3.8) is 0 Å². The van der Waals surface area contributed by atoms with Gasteiger partial charge in [-0.2, -0.15) is 9.97 Å². The van der Waals surface area contributed by atoms with Crippen LogP contribution in [0.5, 0.6) is 0 Å². The zero-order chi connectivity index (χ0) is 20.8. The molecular weight excluding hydrogens is 392 g/mol. The standard InChI is InChI=1S/C20H31ClN6O2/c1-13-12-29-10-9-27(13)18-16-17(23-19(21)24-18)25(4)15(22-16)11-26-7-5-14(6-8-26)20(2,3)28/h13-14,28H,5-12H2,1-4H3. The number of ether oxygens (including phenoxy) is 1. The van der Waals surface area contributed by atoms with E-state index in [0.29, 0.717) is 19.1 Å². The number of aryl methyl sites for hydroxylation is 1. The van der Waals surface area contributed by atoms with Crippen LogP contribution in [0.3, 0.4) is 0 Å². The summed E-state index contributed by atoms with van der Waals surface area (Å²) in [5, 5.41) is 10.5. The molecule has 2 aromatic rings. The second kappa shape index (κ2) is 7.98. The van der Waals surface area contributed by atoms with Gasteiger partial charge in [-0.25, -0.2) is 4.98 Å². The van der Waals surface area contributed by atoms with Crippen LogP contribution in [-0.4, -0.2) is 74.0 Å². The number of aliphatic hydroxyl groups is 1. The Morgan fingerprint density at radius 1 is 1.17 bits per heavy atom. The fourth-order valence-corrected chi connectivity index (χ4v) is 4.61. The summed E-state index contributed by atoms with van der Waals surface area (Å²) in [7, 11) is 1.99. The van der Waals surface area contributed by atoms with E-state index in [0.717, 1.165) is 61.8 Å². The van der Waals surface area contributed by atoms with Crippen molar-refractivity contribution in [3.8, 4) is 0 Å². The number of anilines is 1. The summed E-state index contributed by atoms with van der Waals surface area (Å²) >= 11 is 6.27. The number of morpholine rings is 1. The number of aromatic nitrogens is 4. The Kier molecular flexibility index (Phi) is 5.72. The van der Waals surface area contributed by atoms with E-state index < -0.39 is 5.60 Å². The minimum atomic E-state index is -0.611. The topological polar surface area (TPSA) is 79.5 Å². The predicted molar refractivity (Wildman–Crippen MR) is 113 cm³/mol. The molecule has 160 valence electrons. The summed E-state index contributed by atoms with van der Waals surface area (Å²) in [6.07, 6.45) is 1.99. The zero-order valence-electron chi connectivity index (χ0n) is 17.7. The lowest BCUT2D eigenvalue weighted by molar-refractivity contribution is -0.0139. The molecule has 0 bridgehead atoms. The average Bonchev–Trinajstić information content (AvgIpc) is 2.97. The number of hydrogen-bond acceptors (Lipinski definition) is 7. The summed E-state index contributed by atoms with van der Waals surface area (Å²) in [6, 6.07) is 0.212. The number of piperidine rings is 1. The molecule has 2 aromatic heterocycles. The summed E-state index contributed by atoms with van der Waals surface area (Å²) in [4.78, 5) is 18.5. The van der Waals surface area contributed by atoms with Crippen molar-refractivity contribution in [1.82, 2.24) is 24.4 Å². The monoisotopic (exact) mass is 422 g/mol. The van der Waals surface area contributed by atoms with E-state index in [-0.39, 0.29) is 11.3 Å². The first kappa shape index (κ1) is 20.8.